The van der Waals surface area contributed by atoms with Gasteiger partial charge in [0.25, 0.3) is 0 Å². The van der Waals surface area contributed by atoms with Crippen LogP contribution >= 0.6 is 0 Å². The number of fused-ring (bicyclic) bond motifs is 1. The van der Waals surface area contributed by atoms with Gasteiger partial charge in [0.05, 0.1) is 25.5 Å². The first-order valence-electron chi connectivity index (χ1n) is 7.82. The van der Waals surface area contributed by atoms with Crippen LogP contribution in [0.3, 0.4) is 0 Å². The zero-order valence-corrected chi connectivity index (χ0v) is 13.0. The van der Waals surface area contributed by atoms with Crippen molar-refractivity contribution in [3.05, 3.63) is 24.2 Å². The van der Waals surface area contributed by atoms with Crippen molar-refractivity contribution in [1.29, 1.82) is 0 Å². The fourth-order valence-electron chi connectivity index (χ4n) is 3.81. The second-order valence-electron chi connectivity index (χ2n) is 6.10. The molecule has 3 atom stereocenters. The predicted octanol–water partition coefficient (Wildman–Crippen LogP) is 1.45. The second-order valence-corrected chi connectivity index (χ2v) is 6.10. The SMILES string of the molecule is COCCN1C[C@H]2[C@@H](C1)N(Cc1ccco1)CC[C@H]2OC. The Kier molecular flexibility index (Phi) is 4.95. The van der Waals surface area contributed by atoms with Crippen LogP contribution in [0.2, 0.25) is 0 Å². The molecule has 2 aliphatic rings. The molecular formula is C16H26N2O3. The van der Waals surface area contributed by atoms with Crippen molar-refractivity contribution in [2.75, 3.05) is 47.0 Å². The van der Waals surface area contributed by atoms with Crippen LogP contribution in [-0.4, -0.2) is 69.0 Å². The number of piperidine rings is 1. The van der Waals surface area contributed by atoms with Crippen LogP contribution < -0.4 is 0 Å². The third-order valence-corrected chi connectivity index (χ3v) is 4.91. The minimum absolute atomic E-state index is 0.385. The Morgan fingerprint density at radius 1 is 1.33 bits per heavy atom. The molecule has 5 nitrogen and oxygen atoms in total. The molecule has 2 aliphatic heterocycles. The van der Waals surface area contributed by atoms with Gasteiger partial charge in [-0.05, 0) is 18.6 Å². The maximum atomic E-state index is 5.73. The molecule has 21 heavy (non-hydrogen) atoms. The van der Waals surface area contributed by atoms with Crippen molar-refractivity contribution < 1.29 is 13.9 Å². The molecule has 2 saturated heterocycles. The van der Waals surface area contributed by atoms with E-state index in [1.54, 1.807) is 13.4 Å². The minimum Gasteiger partial charge on any atom is -0.468 e. The Morgan fingerprint density at radius 2 is 2.24 bits per heavy atom. The van der Waals surface area contributed by atoms with Crippen molar-refractivity contribution in [1.82, 2.24) is 9.80 Å². The van der Waals surface area contributed by atoms with E-state index in [2.05, 4.69) is 15.9 Å². The topological polar surface area (TPSA) is 38.1 Å². The summed E-state index contributed by atoms with van der Waals surface area (Å²) in [6.07, 6.45) is 3.25. The van der Waals surface area contributed by atoms with E-state index in [1.165, 1.54) is 0 Å². The molecule has 118 valence electrons. The number of hydrogen-bond acceptors (Lipinski definition) is 5. The first-order valence-corrected chi connectivity index (χ1v) is 7.82. The Morgan fingerprint density at radius 3 is 2.95 bits per heavy atom. The van der Waals surface area contributed by atoms with Gasteiger partial charge in [0.15, 0.2) is 0 Å². The first kappa shape index (κ1) is 15.0. The smallest absolute Gasteiger partial charge is 0.117 e. The lowest BCUT2D eigenvalue weighted by atomic mass is 9.89. The van der Waals surface area contributed by atoms with E-state index in [4.69, 9.17) is 13.9 Å². The summed E-state index contributed by atoms with van der Waals surface area (Å²) in [5.74, 6) is 1.65. The summed E-state index contributed by atoms with van der Waals surface area (Å²) in [7, 11) is 3.62. The van der Waals surface area contributed by atoms with E-state index < -0.39 is 0 Å². The maximum Gasteiger partial charge on any atom is 0.117 e. The van der Waals surface area contributed by atoms with Crippen LogP contribution in [-0.2, 0) is 16.0 Å². The molecule has 5 heteroatoms. The van der Waals surface area contributed by atoms with Crippen molar-refractivity contribution in [2.24, 2.45) is 5.92 Å². The number of ether oxygens (including phenoxy) is 2. The van der Waals surface area contributed by atoms with Crippen LogP contribution in [0.25, 0.3) is 0 Å². The molecule has 0 bridgehead atoms. The molecule has 0 unspecified atom stereocenters. The van der Waals surface area contributed by atoms with Crippen molar-refractivity contribution in [3.63, 3.8) is 0 Å². The summed E-state index contributed by atoms with van der Waals surface area (Å²) in [6, 6.07) is 4.59. The van der Waals surface area contributed by atoms with Gasteiger partial charge in [-0.1, -0.05) is 0 Å². The van der Waals surface area contributed by atoms with Gasteiger partial charge in [0.1, 0.15) is 5.76 Å². The summed E-state index contributed by atoms with van der Waals surface area (Å²) in [4.78, 5) is 5.07. The molecule has 0 radical (unpaired) electrons. The van der Waals surface area contributed by atoms with Crippen molar-refractivity contribution >= 4 is 0 Å². The molecule has 0 N–H and O–H groups in total. The normalized spacial score (nSPS) is 30.7. The number of hydrogen-bond donors (Lipinski definition) is 0. The fourth-order valence-corrected chi connectivity index (χ4v) is 3.81. The summed E-state index contributed by atoms with van der Waals surface area (Å²) in [5, 5.41) is 0. The maximum absolute atomic E-state index is 5.73. The third-order valence-electron chi connectivity index (χ3n) is 4.91. The molecular weight excluding hydrogens is 268 g/mol. The average Bonchev–Trinajstić information content (AvgIpc) is 3.14. The van der Waals surface area contributed by atoms with Crippen molar-refractivity contribution in [2.45, 2.75) is 25.1 Å². The third kappa shape index (κ3) is 3.31. The van der Waals surface area contributed by atoms with Gasteiger partial charge >= 0.3 is 0 Å². The summed E-state index contributed by atoms with van der Waals surface area (Å²) in [6.45, 7) is 6.01. The molecule has 2 fully saturated rings. The minimum atomic E-state index is 0.385. The highest BCUT2D eigenvalue weighted by Gasteiger charge is 2.44. The van der Waals surface area contributed by atoms with Crippen LogP contribution in [0, 0.1) is 5.92 Å². The Bertz CT molecular complexity index is 423. The molecule has 0 aliphatic carbocycles. The van der Waals surface area contributed by atoms with Gasteiger partial charge in [-0.25, -0.2) is 0 Å². The lowest BCUT2D eigenvalue weighted by Crippen LogP contribution is -2.50. The summed E-state index contributed by atoms with van der Waals surface area (Å²) in [5.41, 5.74) is 0. The highest BCUT2D eigenvalue weighted by molar-refractivity contribution is 5.03. The van der Waals surface area contributed by atoms with Crippen molar-refractivity contribution in [3.8, 4) is 0 Å². The Labute approximate surface area is 126 Å². The van der Waals surface area contributed by atoms with Crippen LogP contribution in [0.5, 0.6) is 0 Å². The number of methoxy groups -OCH3 is 2. The molecule has 0 aromatic carbocycles. The van der Waals surface area contributed by atoms with E-state index in [1.807, 2.05) is 13.2 Å². The molecule has 3 rings (SSSR count). The highest BCUT2D eigenvalue weighted by atomic mass is 16.5. The lowest BCUT2D eigenvalue weighted by molar-refractivity contribution is -0.0262. The molecule has 3 heterocycles. The van der Waals surface area contributed by atoms with Crippen LogP contribution in [0.4, 0.5) is 0 Å². The molecule has 1 aromatic heterocycles. The zero-order chi connectivity index (χ0) is 14.7. The number of likely N-dealkylation sites (tertiary alicyclic amines) is 2. The van der Waals surface area contributed by atoms with Gasteiger partial charge in [0, 0.05) is 52.4 Å². The van der Waals surface area contributed by atoms with E-state index in [0.29, 0.717) is 18.1 Å². The predicted molar refractivity (Wildman–Crippen MR) is 80.1 cm³/mol. The zero-order valence-electron chi connectivity index (χ0n) is 13.0. The number of nitrogens with zero attached hydrogens (tertiary/aromatic N) is 2. The van der Waals surface area contributed by atoms with E-state index >= 15 is 0 Å². The van der Waals surface area contributed by atoms with Gasteiger partial charge in [-0.3, -0.25) is 9.80 Å². The summed E-state index contributed by atoms with van der Waals surface area (Å²) < 4.78 is 16.5. The van der Waals surface area contributed by atoms with Crippen LogP contribution in [0.15, 0.2) is 22.8 Å². The van der Waals surface area contributed by atoms with E-state index in [-0.39, 0.29) is 0 Å². The molecule has 0 spiro atoms. The number of rotatable bonds is 6. The second kappa shape index (κ2) is 6.92. The molecule has 0 amide bonds. The summed E-state index contributed by atoms with van der Waals surface area (Å²) >= 11 is 0. The largest absolute Gasteiger partial charge is 0.468 e. The average molecular weight is 294 g/mol. The Balaban J connectivity index is 1.66. The highest BCUT2D eigenvalue weighted by Crippen LogP contribution is 2.33. The van der Waals surface area contributed by atoms with Gasteiger partial charge < -0.3 is 13.9 Å². The molecule has 1 aromatic rings. The quantitative estimate of drug-likeness (QED) is 0.794. The standard InChI is InChI=1S/C16H26N2O3/c1-19-9-7-17-11-14-15(12-17)18(6-5-16(14)20-2)10-13-4-3-8-21-13/h3-4,8,14-16H,5-7,9-12H2,1-2H3/t14-,15+,16+/m0/s1. The monoisotopic (exact) mass is 294 g/mol. The van der Waals surface area contributed by atoms with Gasteiger partial charge in [-0.2, -0.15) is 0 Å². The van der Waals surface area contributed by atoms with Gasteiger partial charge in [0.2, 0.25) is 0 Å². The number of furan rings is 1. The van der Waals surface area contributed by atoms with E-state index in [0.717, 1.165) is 51.5 Å². The fraction of sp³-hybridized carbons (Fsp3) is 0.750. The first-order chi connectivity index (χ1) is 10.3. The van der Waals surface area contributed by atoms with Crippen LogP contribution in [0.1, 0.15) is 12.2 Å². The molecule has 0 saturated carbocycles. The van der Waals surface area contributed by atoms with E-state index in [9.17, 15) is 0 Å². The lowest BCUT2D eigenvalue weighted by Gasteiger charge is -2.40. The Hall–Kier alpha value is -0.880. The van der Waals surface area contributed by atoms with Gasteiger partial charge in [-0.15, -0.1) is 0 Å².